The first-order chi connectivity index (χ1) is 14.7. The summed E-state index contributed by atoms with van der Waals surface area (Å²) in [5.41, 5.74) is 1.44. The molecule has 2 heterocycles. The Balaban J connectivity index is 1.61. The van der Waals surface area contributed by atoms with Crippen LogP contribution in [0.4, 0.5) is 5.69 Å². The Morgan fingerprint density at radius 1 is 1.16 bits per heavy atom. The summed E-state index contributed by atoms with van der Waals surface area (Å²) in [6, 6.07) is 12.3. The van der Waals surface area contributed by atoms with Crippen LogP contribution >= 0.6 is 0 Å². The van der Waals surface area contributed by atoms with Gasteiger partial charge in [-0.2, -0.15) is 0 Å². The van der Waals surface area contributed by atoms with Crippen LogP contribution in [0.1, 0.15) is 19.4 Å². The lowest BCUT2D eigenvalue weighted by molar-refractivity contribution is -0.118. The van der Waals surface area contributed by atoms with Gasteiger partial charge in [0.15, 0.2) is 5.82 Å². The van der Waals surface area contributed by atoms with Gasteiger partial charge in [0.05, 0.1) is 4.90 Å². The van der Waals surface area contributed by atoms with Crippen molar-refractivity contribution in [2.45, 2.75) is 24.8 Å². The van der Waals surface area contributed by atoms with Crippen molar-refractivity contribution in [2.24, 2.45) is 10.9 Å². The van der Waals surface area contributed by atoms with Gasteiger partial charge in [0.25, 0.3) is 10.0 Å². The third-order valence-corrected chi connectivity index (χ3v) is 6.07. The molecule has 1 atom stereocenters. The second-order valence-electron chi connectivity index (χ2n) is 7.28. The van der Waals surface area contributed by atoms with Crippen molar-refractivity contribution in [3.8, 4) is 11.4 Å². The first-order valence-corrected chi connectivity index (χ1v) is 10.9. The molecule has 10 nitrogen and oxygen atoms in total. The minimum atomic E-state index is -3.70. The van der Waals surface area contributed by atoms with Gasteiger partial charge in [-0.05, 0) is 30.2 Å². The number of hydrogen-bond donors (Lipinski definition) is 3. The summed E-state index contributed by atoms with van der Waals surface area (Å²) in [5, 5.41) is 6.42. The van der Waals surface area contributed by atoms with Crippen LogP contribution in [0.15, 0.2) is 67.7 Å². The molecule has 11 heteroatoms. The highest BCUT2D eigenvalue weighted by molar-refractivity contribution is 7.90. The zero-order chi connectivity index (χ0) is 22.2. The number of carbonyl (C=O) groups is 1. The number of aromatic nitrogens is 2. The summed E-state index contributed by atoms with van der Waals surface area (Å²) in [5.74, 6) is -0.923. The molecule has 1 amide bonds. The average Bonchev–Trinajstić information content (AvgIpc) is 3.27. The number of rotatable bonds is 5. The van der Waals surface area contributed by atoms with E-state index in [2.05, 4.69) is 29.7 Å². The van der Waals surface area contributed by atoms with Crippen molar-refractivity contribution in [1.29, 1.82) is 0 Å². The minimum Gasteiger partial charge on any atom is -0.324 e. The Hall–Kier alpha value is -3.73. The SMILES string of the molecule is CC(C)[C@H](N=C1NS(=O)(=O)c2ccccc21)C(=O)Nc1cccc(-c2noc(=O)[nH]2)c1. The summed E-state index contributed by atoms with van der Waals surface area (Å²) in [6.45, 7) is 3.64. The Kier molecular flexibility index (Phi) is 5.19. The molecule has 1 aliphatic rings. The number of fused-ring (bicyclic) bond motifs is 1. The highest BCUT2D eigenvalue weighted by Crippen LogP contribution is 2.24. The molecule has 31 heavy (non-hydrogen) atoms. The van der Waals surface area contributed by atoms with Crippen molar-refractivity contribution in [3.05, 3.63) is 64.6 Å². The van der Waals surface area contributed by atoms with Crippen LogP contribution in [0.2, 0.25) is 0 Å². The number of H-pyrrole nitrogens is 1. The number of anilines is 1. The quantitative estimate of drug-likeness (QED) is 0.549. The molecule has 1 aromatic heterocycles. The summed E-state index contributed by atoms with van der Waals surface area (Å²) in [7, 11) is -3.70. The molecule has 0 fully saturated rings. The fourth-order valence-electron chi connectivity index (χ4n) is 3.19. The predicted octanol–water partition coefficient (Wildman–Crippen LogP) is 1.73. The van der Waals surface area contributed by atoms with E-state index in [0.717, 1.165) is 0 Å². The molecule has 4 rings (SSSR count). The third kappa shape index (κ3) is 4.12. The van der Waals surface area contributed by atoms with Crippen molar-refractivity contribution < 1.29 is 17.7 Å². The first-order valence-electron chi connectivity index (χ1n) is 9.42. The molecular weight excluding hydrogens is 422 g/mol. The molecule has 2 aromatic carbocycles. The molecule has 0 radical (unpaired) electrons. The van der Waals surface area contributed by atoms with E-state index in [1.54, 1.807) is 42.5 Å². The number of amides is 1. The highest BCUT2D eigenvalue weighted by atomic mass is 32.2. The third-order valence-electron chi connectivity index (χ3n) is 4.67. The Morgan fingerprint density at radius 2 is 1.94 bits per heavy atom. The van der Waals surface area contributed by atoms with Crippen LogP contribution < -0.4 is 15.8 Å². The number of aromatic amines is 1. The van der Waals surface area contributed by atoms with Crippen LogP contribution in [0.5, 0.6) is 0 Å². The van der Waals surface area contributed by atoms with Crippen LogP contribution in [0, 0.1) is 5.92 Å². The van der Waals surface area contributed by atoms with E-state index in [-0.39, 0.29) is 22.5 Å². The summed E-state index contributed by atoms with van der Waals surface area (Å²) >= 11 is 0. The second-order valence-corrected chi connectivity index (χ2v) is 8.93. The fourth-order valence-corrected chi connectivity index (χ4v) is 4.43. The first kappa shape index (κ1) is 20.5. The van der Waals surface area contributed by atoms with E-state index in [4.69, 9.17) is 0 Å². The lowest BCUT2D eigenvalue weighted by Crippen LogP contribution is -2.34. The van der Waals surface area contributed by atoms with Crippen LogP contribution in [0.3, 0.4) is 0 Å². The second kappa shape index (κ2) is 7.84. The number of nitrogens with zero attached hydrogens (tertiary/aromatic N) is 2. The van der Waals surface area contributed by atoms with Crippen molar-refractivity contribution >= 4 is 27.5 Å². The molecule has 1 aliphatic heterocycles. The molecule has 0 spiro atoms. The highest BCUT2D eigenvalue weighted by Gasteiger charge is 2.32. The van der Waals surface area contributed by atoms with Gasteiger partial charge < -0.3 is 5.32 Å². The van der Waals surface area contributed by atoms with E-state index >= 15 is 0 Å². The topological polar surface area (TPSA) is 147 Å². The number of carbonyl (C=O) groups excluding carboxylic acids is 1. The monoisotopic (exact) mass is 441 g/mol. The largest absolute Gasteiger partial charge is 0.439 e. The van der Waals surface area contributed by atoms with Gasteiger partial charge in [-0.3, -0.25) is 24.0 Å². The molecule has 0 aliphatic carbocycles. The van der Waals surface area contributed by atoms with Gasteiger partial charge in [0.2, 0.25) is 5.91 Å². The number of aliphatic imine (C=N–C) groups is 1. The molecule has 0 unspecified atom stereocenters. The number of sulfonamides is 1. The van der Waals surface area contributed by atoms with Gasteiger partial charge >= 0.3 is 5.76 Å². The number of hydrogen-bond acceptors (Lipinski definition) is 7. The van der Waals surface area contributed by atoms with Crippen LogP contribution in [-0.2, 0) is 14.8 Å². The van der Waals surface area contributed by atoms with Crippen molar-refractivity contribution in [3.63, 3.8) is 0 Å². The summed E-state index contributed by atoms with van der Waals surface area (Å²) < 4.78 is 31.6. The lowest BCUT2D eigenvalue weighted by Gasteiger charge is -2.17. The van der Waals surface area contributed by atoms with Gasteiger partial charge in [0.1, 0.15) is 11.9 Å². The molecule has 160 valence electrons. The maximum atomic E-state index is 13.0. The number of amidine groups is 1. The maximum absolute atomic E-state index is 13.0. The van der Waals surface area contributed by atoms with E-state index in [1.165, 1.54) is 6.07 Å². The Labute approximate surface area is 177 Å². The molecule has 3 aromatic rings. The normalized spacial score (nSPS) is 16.7. The Bertz CT molecular complexity index is 1340. The maximum Gasteiger partial charge on any atom is 0.439 e. The lowest BCUT2D eigenvalue weighted by atomic mass is 10.0. The smallest absolute Gasteiger partial charge is 0.324 e. The van der Waals surface area contributed by atoms with Gasteiger partial charge in [-0.1, -0.05) is 43.3 Å². The molecule has 3 N–H and O–H groups in total. The Morgan fingerprint density at radius 3 is 2.65 bits per heavy atom. The van der Waals surface area contributed by atoms with E-state index in [1.807, 2.05) is 13.8 Å². The van der Waals surface area contributed by atoms with Crippen molar-refractivity contribution in [1.82, 2.24) is 14.9 Å². The summed E-state index contributed by atoms with van der Waals surface area (Å²) in [6.07, 6.45) is 0. The van der Waals surface area contributed by atoms with Gasteiger partial charge in [0, 0.05) is 16.8 Å². The summed E-state index contributed by atoms with van der Waals surface area (Å²) in [4.78, 5) is 31.2. The molecule has 0 bridgehead atoms. The predicted molar refractivity (Wildman–Crippen MR) is 113 cm³/mol. The van der Waals surface area contributed by atoms with Crippen molar-refractivity contribution in [2.75, 3.05) is 5.32 Å². The molecule has 0 saturated carbocycles. The standard InChI is InChI=1S/C20H19N5O5S/c1-11(2)16(22-18-14-8-3-4-9-15(14)31(28,29)25-18)19(26)21-13-7-5-6-12(10-13)17-23-20(27)30-24-17/h3-11,16H,1-2H3,(H,21,26)(H,22,25)(H,23,24,27)/t16-/m0/s1. The molecular formula is C20H19N5O5S. The van der Waals surface area contributed by atoms with Crippen LogP contribution in [-0.4, -0.2) is 36.3 Å². The van der Waals surface area contributed by atoms with Gasteiger partial charge in [-0.15, -0.1) is 0 Å². The molecule has 0 saturated heterocycles. The fraction of sp³-hybridized carbons (Fsp3) is 0.200. The minimum absolute atomic E-state index is 0.131. The van der Waals surface area contributed by atoms with E-state index in [0.29, 0.717) is 16.8 Å². The zero-order valence-electron chi connectivity index (χ0n) is 16.6. The van der Waals surface area contributed by atoms with E-state index < -0.39 is 27.7 Å². The van der Waals surface area contributed by atoms with Gasteiger partial charge in [-0.25, -0.2) is 13.2 Å². The van der Waals surface area contributed by atoms with Crippen LogP contribution in [0.25, 0.3) is 11.4 Å². The number of benzene rings is 2. The van der Waals surface area contributed by atoms with E-state index in [9.17, 15) is 18.0 Å². The average molecular weight is 441 g/mol. The zero-order valence-corrected chi connectivity index (χ0v) is 17.4. The number of nitrogens with one attached hydrogen (secondary N) is 3.